The van der Waals surface area contributed by atoms with Crippen LogP contribution in [0.15, 0.2) is 28.9 Å². The quantitative estimate of drug-likeness (QED) is 0.845. The molecule has 0 saturated heterocycles. The fourth-order valence-corrected chi connectivity index (χ4v) is 3.40. The molecule has 0 amide bonds. The lowest BCUT2D eigenvalue weighted by Gasteiger charge is -2.34. The largest absolute Gasteiger partial charge is 0.324 e. The molecule has 0 radical (unpaired) electrons. The van der Waals surface area contributed by atoms with E-state index in [1.165, 1.54) is 12.1 Å². The third-order valence-electron chi connectivity index (χ3n) is 3.84. The predicted octanol–water partition coefficient (Wildman–Crippen LogP) is 4.02. The number of hydrogen-bond donors (Lipinski definition) is 1. The lowest BCUT2D eigenvalue weighted by Crippen LogP contribution is -2.30. The van der Waals surface area contributed by atoms with E-state index in [0.717, 1.165) is 24.1 Å². The van der Waals surface area contributed by atoms with Crippen LogP contribution in [-0.2, 0) is 6.42 Å². The minimum atomic E-state index is -0.308. The first kappa shape index (κ1) is 14.6. The van der Waals surface area contributed by atoms with Gasteiger partial charge < -0.3 is 5.73 Å². The van der Waals surface area contributed by atoms with E-state index < -0.39 is 0 Å². The van der Waals surface area contributed by atoms with Gasteiger partial charge in [0.2, 0.25) is 0 Å². The van der Waals surface area contributed by atoms with Crippen LogP contribution in [0.3, 0.4) is 0 Å². The lowest BCUT2D eigenvalue weighted by molar-refractivity contribution is 0.278. The third-order valence-corrected chi connectivity index (χ3v) is 4.30. The molecular weight excluding hydrogens is 333 g/mol. The van der Waals surface area contributed by atoms with Crippen LogP contribution in [0.5, 0.6) is 0 Å². The van der Waals surface area contributed by atoms with Crippen molar-refractivity contribution in [2.45, 2.75) is 32.7 Å². The minimum absolute atomic E-state index is 0.0305. The maximum atomic E-state index is 13.5. The number of halogens is 2. The normalized spacial score (nSPS) is 20.1. The zero-order valence-corrected chi connectivity index (χ0v) is 13.6. The second kappa shape index (κ2) is 5.14. The summed E-state index contributed by atoms with van der Waals surface area (Å²) in [5.41, 5.74) is 8.99. The van der Waals surface area contributed by atoms with E-state index in [1.54, 1.807) is 6.20 Å². The zero-order valence-electron chi connectivity index (χ0n) is 12.0. The second-order valence-corrected chi connectivity index (χ2v) is 7.32. The number of hydrogen-bond acceptors (Lipinski definition) is 3. The van der Waals surface area contributed by atoms with Crippen LogP contribution in [0, 0.1) is 11.2 Å². The van der Waals surface area contributed by atoms with Gasteiger partial charge >= 0.3 is 0 Å². The van der Waals surface area contributed by atoms with Gasteiger partial charge in [0.1, 0.15) is 5.82 Å². The number of nitrogens with zero attached hydrogens (tertiary/aromatic N) is 2. The molecular formula is C16H17BrFN3. The van der Waals surface area contributed by atoms with E-state index in [1.807, 2.05) is 6.07 Å². The fraction of sp³-hybridized carbons (Fsp3) is 0.375. The zero-order chi connectivity index (χ0) is 15.2. The first-order chi connectivity index (χ1) is 9.84. The molecule has 0 fully saturated rings. The summed E-state index contributed by atoms with van der Waals surface area (Å²) in [6.45, 7) is 4.38. The van der Waals surface area contributed by atoms with Crippen molar-refractivity contribution in [3.8, 4) is 11.4 Å². The predicted molar refractivity (Wildman–Crippen MR) is 84.2 cm³/mol. The summed E-state index contributed by atoms with van der Waals surface area (Å²) >= 11 is 3.30. The summed E-state index contributed by atoms with van der Waals surface area (Å²) in [7, 11) is 0. The molecule has 3 rings (SSSR count). The van der Waals surface area contributed by atoms with Crippen molar-refractivity contribution in [1.29, 1.82) is 0 Å². The third kappa shape index (κ3) is 2.99. The Kier molecular flexibility index (Phi) is 3.58. The van der Waals surface area contributed by atoms with E-state index >= 15 is 0 Å². The summed E-state index contributed by atoms with van der Waals surface area (Å²) in [5.74, 6) is 0.233. The van der Waals surface area contributed by atoms with Crippen molar-refractivity contribution in [2.75, 3.05) is 0 Å². The van der Waals surface area contributed by atoms with E-state index in [4.69, 9.17) is 5.73 Å². The molecule has 1 aromatic carbocycles. The average molecular weight is 350 g/mol. The summed E-state index contributed by atoms with van der Waals surface area (Å²) in [6.07, 6.45) is 3.58. The van der Waals surface area contributed by atoms with Crippen LogP contribution in [-0.4, -0.2) is 9.97 Å². The average Bonchev–Trinajstić information content (AvgIpc) is 2.35. The van der Waals surface area contributed by atoms with Gasteiger partial charge in [0.05, 0.1) is 0 Å². The van der Waals surface area contributed by atoms with Gasteiger partial charge in [0.25, 0.3) is 0 Å². The lowest BCUT2D eigenvalue weighted by atomic mass is 9.74. The molecule has 0 aliphatic heterocycles. The van der Waals surface area contributed by atoms with Gasteiger partial charge in [0.15, 0.2) is 5.82 Å². The van der Waals surface area contributed by atoms with Crippen molar-refractivity contribution in [2.24, 2.45) is 11.1 Å². The van der Waals surface area contributed by atoms with Crippen LogP contribution < -0.4 is 5.73 Å². The summed E-state index contributed by atoms with van der Waals surface area (Å²) in [6, 6.07) is 4.65. The van der Waals surface area contributed by atoms with Gasteiger partial charge in [-0.25, -0.2) is 14.4 Å². The van der Waals surface area contributed by atoms with Gasteiger partial charge in [-0.1, -0.05) is 29.8 Å². The fourth-order valence-electron chi connectivity index (χ4n) is 2.93. The number of rotatable bonds is 1. The van der Waals surface area contributed by atoms with Crippen LogP contribution in [0.25, 0.3) is 11.4 Å². The summed E-state index contributed by atoms with van der Waals surface area (Å²) < 4.78 is 14.2. The van der Waals surface area contributed by atoms with Crippen LogP contribution in [0.2, 0.25) is 0 Å². The van der Waals surface area contributed by atoms with Crippen molar-refractivity contribution in [3.63, 3.8) is 0 Å². The van der Waals surface area contributed by atoms with E-state index in [-0.39, 0.29) is 17.3 Å². The molecule has 1 aliphatic rings. The van der Waals surface area contributed by atoms with E-state index in [9.17, 15) is 4.39 Å². The Hall–Kier alpha value is -1.33. The summed E-state index contributed by atoms with van der Waals surface area (Å²) in [4.78, 5) is 9.00. The van der Waals surface area contributed by atoms with Gasteiger partial charge in [-0.2, -0.15) is 0 Å². The molecule has 1 unspecified atom stereocenters. The van der Waals surface area contributed by atoms with Gasteiger partial charge in [-0.05, 0) is 36.5 Å². The Morgan fingerprint density at radius 3 is 2.81 bits per heavy atom. The first-order valence-corrected chi connectivity index (χ1v) is 7.71. The number of nitrogens with two attached hydrogens (primary N) is 1. The van der Waals surface area contributed by atoms with Gasteiger partial charge in [-0.3, -0.25) is 0 Å². The Bertz CT molecular complexity index is 680. The Balaban J connectivity index is 2.07. The molecule has 1 aromatic heterocycles. The highest BCUT2D eigenvalue weighted by molar-refractivity contribution is 9.10. The summed E-state index contributed by atoms with van der Waals surface area (Å²) in [5, 5.41) is 0. The highest BCUT2D eigenvalue weighted by Crippen LogP contribution is 2.39. The number of aromatic nitrogens is 2. The topological polar surface area (TPSA) is 51.8 Å². The van der Waals surface area contributed by atoms with Crippen LogP contribution in [0.1, 0.15) is 37.6 Å². The van der Waals surface area contributed by atoms with Crippen molar-refractivity contribution >= 4 is 15.9 Å². The molecule has 21 heavy (non-hydrogen) atoms. The Morgan fingerprint density at radius 2 is 2.10 bits per heavy atom. The SMILES string of the molecule is CC1(C)Cc2nc(-c3cc(F)cc(Br)c3)ncc2C(N)C1. The van der Waals surface area contributed by atoms with Crippen LogP contribution >= 0.6 is 15.9 Å². The second-order valence-electron chi connectivity index (χ2n) is 6.41. The molecule has 3 nitrogen and oxygen atoms in total. The molecule has 1 aliphatic carbocycles. The molecule has 1 heterocycles. The molecule has 2 aromatic rings. The molecule has 2 N–H and O–H groups in total. The Morgan fingerprint density at radius 1 is 1.33 bits per heavy atom. The van der Waals surface area contributed by atoms with Crippen molar-refractivity contribution in [3.05, 3.63) is 45.9 Å². The standard InChI is InChI=1S/C16H17BrFN3/c1-16(2)6-13(19)12-8-20-15(21-14(12)7-16)9-3-10(17)5-11(18)4-9/h3-5,8,13H,6-7,19H2,1-2H3. The highest BCUT2D eigenvalue weighted by Gasteiger charge is 2.31. The number of fused-ring (bicyclic) bond motifs is 1. The maximum Gasteiger partial charge on any atom is 0.159 e. The van der Waals surface area contributed by atoms with E-state index in [2.05, 4.69) is 39.7 Å². The molecule has 110 valence electrons. The smallest absolute Gasteiger partial charge is 0.159 e. The molecule has 1 atom stereocenters. The van der Waals surface area contributed by atoms with Crippen molar-refractivity contribution in [1.82, 2.24) is 9.97 Å². The van der Waals surface area contributed by atoms with Gasteiger partial charge in [-0.15, -0.1) is 0 Å². The first-order valence-electron chi connectivity index (χ1n) is 6.92. The minimum Gasteiger partial charge on any atom is -0.324 e. The Labute approximate surface area is 131 Å². The van der Waals surface area contributed by atoms with E-state index in [0.29, 0.717) is 15.9 Å². The van der Waals surface area contributed by atoms with Crippen LogP contribution in [0.4, 0.5) is 4.39 Å². The highest BCUT2D eigenvalue weighted by atomic mass is 79.9. The number of benzene rings is 1. The van der Waals surface area contributed by atoms with Gasteiger partial charge in [0, 0.05) is 33.5 Å². The molecule has 5 heteroatoms. The maximum absolute atomic E-state index is 13.5. The van der Waals surface area contributed by atoms with Crippen molar-refractivity contribution < 1.29 is 4.39 Å². The molecule has 0 bridgehead atoms. The molecule has 0 saturated carbocycles. The molecule has 0 spiro atoms. The monoisotopic (exact) mass is 349 g/mol.